The molecule has 0 amide bonds. The third-order valence-corrected chi connectivity index (χ3v) is 3.23. The first-order valence-electron chi connectivity index (χ1n) is 6.51. The summed E-state index contributed by atoms with van der Waals surface area (Å²) in [6.45, 7) is 0. The fourth-order valence-electron chi connectivity index (χ4n) is 2.19. The number of pyridine rings is 1. The molecule has 0 aliphatic rings. The Labute approximate surface area is 121 Å². The lowest BCUT2D eigenvalue weighted by molar-refractivity contribution is -0.141. The van der Waals surface area contributed by atoms with Gasteiger partial charge in [-0.3, -0.25) is 0 Å². The van der Waals surface area contributed by atoms with E-state index in [1.54, 1.807) is 18.5 Å². The zero-order chi connectivity index (χ0) is 14.7. The summed E-state index contributed by atoms with van der Waals surface area (Å²) in [7, 11) is 1.37. The van der Waals surface area contributed by atoms with Crippen LogP contribution in [-0.2, 0) is 9.53 Å². The molecule has 3 rings (SSSR count). The van der Waals surface area contributed by atoms with Crippen molar-refractivity contribution in [3.05, 3.63) is 60.5 Å². The van der Waals surface area contributed by atoms with Gasteiger partial charge in [0.25, 0.3) is 0 Å². The van der Waals surface area contributed by atoms with Crippen molar-refractivity contribution in [2.45, 2.75) is 6.04 Å². The molecule has 0 saturated heterocycles. The number of rotatable bonds is 4. The molecule has 0 saturated carbocycles. The summed E-state index contributed by atoms with van der Waals surface area (Å²) in [6, 6.07) is 12.3. The second-order valence-corrected chi connectivity index (χ2v) is 4.50. The molecule has 1 atom stereocenters. The fraction of sp³-hybridized carbons (Fsp3) is 0.125. The maximum Gasteiger partial charge on any atom is 0.333 e. The van der Waals surface area contributed by atoms with E-state index in [2.05, 4.69) is 10.3 Å². The van der Waals surface area contributed by atoms with E-state index in [-0.39, 0.29) is 5.97 Å². The van der Waals surface area contributed by atoms with E-state index in [4.69, 9.17) is 9.15 Å². The van der Waals surface area contributed by atoms with Crippen LogP contribution in [0.2, 0.25) is 0 Å². The highest BCUT2D eigenvalue weighted by Gasteiger charge is 2.22. The quantitative estimate of drug-likeness (QED) is 0.745. The van der Waals surface area contributed by atoms with E-state index in [0.717, 1.165) is 10.9 Å². The highest BCUT2D eigenvalue weighted by Crippen LogP contribution is 2.26. The molecule has 1 N–H and O–H groups in total. The molecule has 5 nitrogen and oxygen atoms in total. The lowest BCUT2D eigenvalue weighted by atomic mass is 10.1. The van der Waals surface area contributed by atoms with Crippen LogP contribution in [0, 0.1) is 0 Å². The monoisotopic (exact) mass is 282 g/mol. The Bertz CT molecular complexity index is 752. The predicted molar refractivity (Wildman–Crippen MR) is 78.8 cm³/mol. The zero-order valence-corrected chi connectivity index (χ0v) is 11.4. The molecule has 21 heavy (non-hydrogen) atoms. The molecule has 106 valence electrons. The van der Waals surface area contributed by atoms with Gasteiger partial charge in [0, 0.05) is 6.20 Å². The van der Waals surface area contributed by atoms with E-state index in [1.165, 1.54) is 7.11 Å². The third-order valence-electron chi connectivity index (χ3n) is 3.23. The number of furan rings is 1. The molecule has 1 unspecified atom stereocenters. The number of nitrogens with zero attached hydrogens (tertiary/aromatic N) is 1. The molecule has 2 heterocycles. The van der Waals surface area contributed by atoms with Gasteiger partial charge in [-0.15, -0.1) is 0 Å². The fourth-order valence-corrected chi connectivity index (χ4v) is 2.19. The Morgan fingerprint density at radius 3 is 2.81 bits per heavy atom. The van der Waals surface area contributed by atoms with Crippen LogP contribution in [0.3, 0.4) is 0 Å². The first-order chi connectivity index (χ1) is 10.3. The van der Waals surface area contributed by atoms with Crippen LogP contribution in [0.1, 0.15) is 11.6 Å². The molecule has 0 bridgehead atoms. The first-order valence-corrected chi connectivity index (χ1v) is 6.51. The largest absolute Gasteiger partial charge is 0.467 e. The Kier molecular flexibility index (Phi) is 3.55. The van der Waals surface area contributed by atoms with E-state index < -0.39 is 6.04 Å². The number of ether oxygens (including phenoxy) is 1. The van der Waals surface area contributed by atoms with Gasteiger partial charge in [0.2, 0.25) is 0 Å². The van der Waals surface area contributed by atoms with E-state index in [1.807, 2.05) is 36.4 Å². The Hall–Kier alpha value is -2.82. The number of hydrogen-bond donors (Lipinski definition) is 1. The molecule has 0 fully saturated rings. The van der Waals surface area contributed by atoms with Gasteiger partial charge in [-0.1, -0.05) is 30.3 Å². The van der Waals surface area contributed by atoms with Crippen LogP contribution in [0.15, 0.2) is 59.3 Å². The van der Waals surface area contributed by atoms with Gasteiger partial charge in [-0.05, 0) is 17.7 Å². The van der Waals surface area contributed by atoms with Gasteiger partial charge < -0.3 is 14.5 Å². The van der Waals surface area contributed by atoms with Crippen molar-refractivity contribution in [2.24, 2.45) is 0 Å². The van der Waals surface area contributed by atoms with E-state index in [9.17, 15) is 4.79 Å². The zero-order valence-electron chi connectivity index (χ0n) is 11.4. The van der Waals surface area contributed by atoms with Crippen molar-refractivity contribution in [3.63, 3.8) is 0 Å². The number of hydrogen-bond acceptors (Lipinski definition) is 5. The topological polar surface area (TPSA) is 64.4 Å². The summed E-state index contributed by atoms with van der Waals surface area (Å²) < 4.78 is 10.2. The number of nitrogens with one attached hydrogen (secondary N) is 1. The van der Waals surface area contributed by atoms with Crippen molar-refractivity contribution >= 4 is 22.8 Å². The summed E-state index contributed by atoms with van der Waals surface area (Å²) >= 11 is 0. The Morgan fingerprint density at radius 1 is 1.24 bits per heavy atom. The summed E-state index contributed by atoms with van der Waals surface area (Å²) in [5.74, 6) is 0.212. The van der Waals surface area contributed by atoms with E-state index in [0.29, 0.717) is 11.4 Å². The van der Waals surface area contributed by atoms with Gasteiger partial charge in [-0.25, -0.2) is 9.78 Å². The second-order valence-electron chi connectivity index (χ2n) is 4.50. The standard InChI is InChI=1S/C16H14N2O3/c1-20-16(19)14(11-5-3-2-4-6-11)18-15-12-8-10-21-13(12)7-9-17-15/h2-10,14H,1H3,(H,17,18). The van der Waals surface area contributed by atoms with Crippen LogP contribution in [0.5, 0.6) is 0 Å². The lowest BCUT2D eigenvalue weighted by Gasteiger charge is -2.17. The average molecular weight is 282 g/mol. The molecule has 2 aromatic heterocycles. The minimum absolute atomic E-state index is 0.372. The molecule has 0 radical (unpaired) electrons. The minimum Gasteiger partial charge on any atom is -0.467 e. The summed E-state index contributed by atoms with van der Waals surface area (Å²) in [5.41, 5.74) is 1.52. The minimum atomic E-state index is -0.621. The number of carbonyl (C=O) groups excluding carboxylic acids is 1. The van der Waals surface area contributed by atoms with Crippen LogP contribution >= 0.6 is 0 Å². The van der Waals surface area contributed by atoms with E-state index >= 15 is 0 Å². The molecule has 3 aromatic rings. The molecular formula is C16H14N2O3. The number of fused-ring (bicyclic) bond motifs is 1. The number of methoxy groups -OCH3 is 1. The lowest BCUT2D eigenvalue weighted by Crippen LogP contribution is -2.22. The van der Waals surface area contributed by atoms with Crippen LogP contribution in [0.4, 0.5) is 5.82 Å². The molecule has 0 spiro atoms. The predicted octanol–water partition coefficient (Wildman–Crippen LogP) is 3.15. The molecular weight excluding hydrogens is 268 g/mol. The van der Waals surface area contributed by atoms with Gasteiger partial charge >= 0.3 is 5.97 Å². The normalized spacial score (nSPS) is 12.0. The number of benzene rings is 1. The third kappa shape index (κ3) is 2.58. The smallest absolute Gasteiger partial charge is 0.333 e. The molecule has 1 aromatic carbocycles. The molecule has 0 aliphatic carbocycles. The number of esters is 1. The molecule has 5 heteroatoms. The number of aromatic nitrogens is 1. The summed E-state index contributed by atoms with van der Waals surface area (Å²) in [5, 5.41) is 3.95. The summed E-state index contributed by atoms with van der Waals surface area (Å²) in [4.78, 5) is 16.3. The second kappa shape index (κ2) is 5.66. The van der Waals surface area contributed by atoms with Gasteiger partial charge in [-0.2, -0.15) is 0 Å². The average Bonchev–Trinajstić information content (AvgIpc) is 3.02. The Morgan fingerprint density at radius 2 is 2.05 bits per heavy atom. The van der Waals surface area contributed by atoms with Crippen molar-refractivity contribution in [1.82, 2.24) is 4.98 Å². The van der Waals surface area contributed by atoms with Crippen LogP contribution < -0.4 is 5.32 Å². The van der Waals surface area contributed by atoms with Gasteiger partial charge in [0.05, 0.1) is 18.8 Å². The van der Waals surface area contributed by atoms with Crippen molar-refractivity contribution in [3.8, 4) is 0 Å². The first kappa shape index (κ1) is 13.2. The highest BCUT2D eigenvalue weighted by molar-refractivity contribution is 5.90. The van der Waals surface area contributed by atoms with Gasteiger partial charge in [0.15, 0.2) is 6.04 Å². The van der Waals surface area contributed by atoms with Crippen molar-refractivity contribution < 1.29 is 13.9 Å². The maximum atomic E-state index is 12.1. The van der Waals surface area contributed by atoms with Gasteiger partial charge in [0.1, 0.15) is 11.4 Å². The summed E-state index contributed by atoms with van der Waals surface area (Å²) in [6.07, 6.45) is 3.22. The number of anilines is 1. The van der Waals surface area contributed by atoms with Crippen molar-refractivity contribution in [1.29, 1.82) is 0 Å². The van der Waals surface area contributed by atoms with Crippen LogP contribution in [-0.4, -0.2) is 18.1 Å². The SMILES string of the molecule is COC(=O)C(Nc1nccc2occc12)c1ccccc1. The number of carbonyl (C=O) groups is 1. The van der Waals surface area contributed by atoms with Crippen molar-refractivity contribution in [2.75, 3.05) is 12.4 Å². The molecule has 0 aliphatic heterocycles. The highest BCUT2D eigenvalue weighted by atomic mass is 16.5. The van der Waals surface area contributed by atoms with Crippen LogP contribution in [0.25, 0.3) is 11.0 Å². The Balaban J connectivity index is 1.99. The maximum absolute atomic E-state index is 12.1.